The van der Waals surface area contributed by atoms with Gasteiger partial charge in [0.25, 0.3) is 5.91 Å². The molecule has 1 N–H and O–H groups in total. The zero-order chi connectivity index (χ0) is 14.0. The summed E-state index contributed by atoms with van der Waals surface area (Å²) in [6.07, 6.45) is -1.52. The van der Waals surface area contributed by atoms with E-state index in [9.17, 15) is 18.0 Å². The topological polar surface area (TPSA) is 38.3 Å². The number of halogens is 3. The van der Waals surface area contributed by atoms with Gasteiger partial charge < -0.3 is 0 Å². The highest BCUT2D eigenvalue weighted by molar-refractivity contribution is 7.14. The van der Waals surface area contributed by atoms with Crippen molar-refractivity contribution in [3.8, 4) is 0 Å². The Kier molecular flexibility index (Phi) is 4.15. The Labute approximate surface area is 112 Å². The zero-order valence-corrected chi connectivity index (χ0v) is 11.2. The molecule has 1 atom stereocenters. The monoisotopic (exact) mass is 293 g/mol. The summed E-state index contributed by atoms with van der Waals surface area (Å²) < 4.78 is 35.6. The Bertz CT molecular complexity index is 470. The van der Waals surface area contributed by atoms with Gasteiger partial charge in [-0.25, -0.2) is 5.48 Å². The number of aryl methyl sites for hydroxylation is 1. The van der Waals surface area contributed by atoms with Crippen LogP contribution in [-0.2, 0) is 17.7 Å². The maximum atomic E-state index is 11.9. The number of hydroxylamine groups is 1. The fraction of sp³-hybridized carbons (Fsp3) is 0.583. The first kappa shape index (κ1) is 14.3. The number of fused-ring (bicyclic) bond motifs is 1. The molecule has 2 rings (SSSR count). The van der Waals surface area contributed by atoms with E-state index in [0.717, 1.165) is 29.7 Å². The molecule has 0 aliphatic heterocycles. The molecule has 19 heavy (non-hydrogen) atoms. The molecule has 0 spiro atoms. The molecule has 0 saturated heterocycles. The first-order chi connectivity index (χ1) is 8.85. The molecule has 0 radical (unpaired) electrons. The highest BCUT2D eigenvalue weighted by atomic mass is 32.1. The summed E-state index contributed by atoms with van der Waals surface area (Å²) in [4.78, 5) is 17.3. The average molecular weight is 293 g/mol. The van der Waals surface area contributed by atoms with Crippen LogP contribution in [0.4, 0.5) is 13.2 Å². The number of nitrogens with one attached hydrogen (secondary N) is 1. The molecular formula is C12H14F3NO2S. The lowest BCUT2D eigenvalue weighted by atomic mass is 9.90. The second kappa shape index (κ2) is 5.50. The minimum atomic E-state index is -4.45. The molecule has 1 amide bonds. The van der Waals surface area contributed by atoms with E-state index in [1.807, 2.05) is 5.48 Å². The summed E-state index contributed by atoms with van der Waals surface area (Å²) in [6, 6.07) is 1.75. The Morgan fingerprint density at radius 1 is 1.58 bits per heavy atom. The second-order valence-corrected chi connectivity index (χ2v) is 5.88. The lowest BCUT2D eigenvalue weighted by Gasteiger charge is -2.16. The summed E-state index contributed by atoms with van der Waals surface area (Å²) in [5.74, 6) is -0.0317. The molecule has 3 nitrogen and oxygen atoms in total. The maximum absolute atomic E-state index is 11.9. The maximum Gasteiger partial charge on any atom is 0.414 e. The van der Waals surface area contributed by atoms with E-state index in [2.05, 4.69) is 11.8 Å². The third-order valence-electron chi connectivity index (χ3n) is 2.95. The first-order valence-electron chi connectivity index (χ1n) is 5.95. The number of carbonyl (C=O) groups excluding carboxylic acids is 1. The molecule has 1 aromatic heterocycles. The predicted octanol–water partition coefficient (Wildman–Crippen LogP) is 3.10. The highest BCUT2D eigenvalue weighted by Crippen LogP contribution is 2.32. The summed E-state index contributed by atoms with van der Waals surface area (Å²) in [7, 11) is 0. The second-order valence-electron chi connectivity index (χ2n) is 4.74. The van der Waals surface area contributed by atoms with Crippen molar-refractivity contribution in [2.45, 2.75) is 32.4 Å². The quantitative estimate of drug-likeness (QED) is 0.870. The minimum Gasteiger partial charge on any atom is -0.266 e. The SMILES string of the molecule is CC1CCc2sc(C(=O)NOCC(F)(F)F)cc2C1. The predicted molar refractivity (Wildman–Crippen MR) is 65.0 cm³/mol. The van der Waals surface area contributed by atoms with Crippen LogP contribution in [0, 0.1) is 5.92 Å². The molecule has 0 aromatic carbocycles. The summed E-state index contributed by atoms with van der Waals surface area (Å²) in [5, 5.41) is 0. The Balaban J connectivity index is 1.93. The van der Waals surface area contributed by atoms with Gasteiger partial charge in [-0.05, 0) is 36.8 Å². The lowest BCUT2D eigenvalue weighted by Crippen LogP contribution is -2.29. The Morgan fingerprint density at radius 3 is 3.00 bits per heavy atom. The minimum absolute atomic E-state index is 0.404. The van der Waals surface area contributed by atoms with Crippen molar-refractivity contribution in [3.63, 3.8) is 0 Å². The molecule has 106 valence electrons. The van der Waals surface area contributed by atoms with E-state index in [0.29, 0.717) is 10.8 Å². The molecule has 7 heteroatoms. The van der Waals surface area contributed by atoms with Crippen molar-refractivity contribution in [3.05, 3.63) is 21.4 Å². The van der Waals surface area contributed by atoms with Gasteiger partial charge in [0.1, 0.15) is 0 Å². The van der Waals surface area contributed by atoms with Gasteiger partial charge in [-0.1, -0.05) is 6.92 Å². The summed E-state index contributed by atoms with van der Waals surface area (Å²) >= 11 is 1.33. The zero-order valence-electron chi connectivity index (χ0n) is 10.3. The average Bonchev–Trinajstić information content (AvgIpc) is 2.70. The lowest BCUT2D eigenvalue weighted by molar-refractivity contribution is -0.184. The molecule has 1 unspecified atom stereocenters. The van der Waals surface area contributed by atoms with Crippen LogP contribution in [0.1, 0.15) is 33.5 Å². The van der Waals surface area contributed by atoms with Gasteiger partial charge in [-0.3, -0.25) is 9.63 Å². The first-order valence-corrected chi connectivity index (χ1v) is 6.77. The van der Waals surface area contributed by atoms with E-state index in [-0.39, 0.29) is 0 Å². The largest absolute Gasteiger partial charge is 0.414 e. The third-order valence-corrected chi connectivity index (χ3v) is 4.19. The van der Waals surface area contributed by atoms with E-state index in [4.69, 9.17) is 0 Å². The highest BCUT2D eigenvalue weighted by Gasteiger charge is 2.28. The summed E-state index contributed by atoms with van der Waals surface area (Å²) in [6.45, 7) is 0.660. The van der Waals surface area contributed by atoms with Crippen molar-refractivity contribution < 1.29 is 22.8 Å². The number of thiophene rings is 1. The van der Waals surface area contributed by atoms with E-state index >= 15 is 0 Å². The molecule has 1 aliphatic carbocycles. The fourth-order valence-electron chi connectivity index (χ4n) is 2.05. The van der Waals surface area contributed by atoms with Gasteiger partial charge >= 0.3 is 6.18 Å². The van der Waals surface area contributed by atoms with Crippen molar-refractivity contribution in [2.75, 3.05) is 6.61 Å². The standard InChI is InChI=1S/C12H14F3NO2S/c1-7-2-3-9-8(4-7)5-10(19-9)11(17)16-18-6-12(13,14)15/h5,7H,2-4,6H2,1H3,(H,16,17). The molecule has 0 fully saturated rings. The van der Waals surface area contributed by atoms with Gasteiger partial charge in [-0.2, -0.15) is 13.2 Å². The Hall–Kier alpha value is -1.08. The number of carbonyl (C=O) groups is 1. The van der Waals surface area contributed by atoms with Crippen LogP contribution < -0.4 is 5.48 Å². The van der Waals surface area contributed by atoms with Crippen molar-refractivity contribution >= 4 is 17.2 Å². The van der Waals surface area contributed by atoms with Gasteiger partial charge in [0.15, 0.2) is 6.61 Å². The normalized spacial score (nSPS) is 19.1. The Morgan fingerprint density at radius 2 is 2.32 bits per heavy atom. The van der Waals surface area contributed by atoms with Crippen LogP contribution in [0.3, 0.4) is 0 Å². The van der Waals surface area contributed by atoms with Crippen molar-refractivity contribution in [1.29, 1.82) is 0 Å². The van der Waals surface area contributed by atoms with Crippen LogP contribution >= 0.6 is 11.3 Å². The molecule has 1 aliphatic rings. The smallest absolute Gasteiger partial charge is 0.266 e. The number of rotatable bonds is 3. The molecule has 0 saturated carbocycles. The van der Waals surface area contributed by atoms with Crippen LogP contribution in [0.2, 0.25) is 0 Å². The van der Waals surface area contributed by atoms with Gasteiger partial charge in [0, 0.05) is 4.88 Å². The van der Waals surface area contributed by atoms with Gasteiger partial charge in [-0.15, -0.1) is 11.3 Å². The van der Waals surface area contributed by atoms with E-state index in [1.165, 1.54) is 11.3 Å². The van der Waals surface area contributed by atoms with Crippen LogP contribution in [0.5, 0.6) is 0 Å². The fourth-order valence-corrected chi connectivity index (χ4v) is 3.15. The number of amides is 1. The molecule has 1 aromatic rings. The van der Waals surface area contributed by atoms with Gasteiger partial charge in [0.05, 0.1) is 4.88 Å². The van der Waals surface area contributed by atoms with Gasteiger partial charge in [0.2, 0.25) is 0 Å². The molecule has 0 bridgehead atoms. The third kappa shape index (κ3) is 3.94. The number of hydrogen-bond donors (Lipinski definition) is 1. The van der Waals surface area contributed by atoms with Crippen LogP contribution in [-0.4, -0.2) is 18.7 Å². The number of alkyl halides is 3. The summed E-state index contributed by atoms with van der Waals surface area (Å²) in [5.41, 5.74) is 2.96. The van der Waals surface area contributed by atoms with E-state index < -0.39 is 18.7 Å². The van der Waals surface area contributed by atoms with E-state index in [1.54, 1.807) is 6.07 Å². The molecular weight excluding hydrogens is 279 g/mol. The van der Waals surface area contributed by atoms with Crippen LogP contribution in [0.15, 0.2) is 6.07 Å². The molecule has 1 heterocycles. The number of hydrogen-bond acceptors (Lipinski definition) is 3. The van der Waals surface area contributed by atoms with Crippen molar-refractivity contribution in [1.82, 2.24) is 5.48 Å². The van der Waals surface area contributed by atoms with Crippen molar-refractivity contribution in [2.24, 2.45) is 5.92 Å². The van der Waals surface area contributed by atoms with Crippen LogP contribution in [0.25, 0.3) is 0 Å².